The van der Waals surface area contributed by atoms with Crippen LogP contribution in [-0.4, -0.2) is 169 Å². The summed E-state index contributed by atoms with van der Waals surface area (Å²) in [4.78, 5) is 60.7. The first kappa shape index (κ1) is 56.9. The van der Waals surface area contributed by atoms with Gasteiger partial charge in [0.15, 0.2) is 17.4 Å². The lowest BCUT2D eigenvalue weighted by Gasteiger charge is -2.58. The fourth-order valence-electron chi connectivity index (χ4n) is 14.2. The molecule has 4 saturated heterocycles. The number of carbonyl (C=O) groups excluding carboxylic acids is 1. The number of pyridine rings is 2. The average molecular weight is 1180 g/mol. The Kier molecular flexibility index (Phi) is 15.5. The Labute approximate surface area is 494 Å². The number of rotatable bonds is 15. The van der Waals surface area contributed by atoms with E-state index in [4.69, 9.17) is 38.9 Å². The number of aliphatic hydroxyl groups is 1. The van der Waals surface area contributed by atoms with E-state index in [1.54, 1.807) is 13.3 Å². The first-order chi connectivity index (χ1) is 41.1. The monoisotopic (exact) mass is 1180 g/mol. The van der Waals surface area contributed by atoms with Crippen molar-refractivity contribution in [2.75, 3.05) is 106 Å². The third-order valence-corrected chi connectivity index (χ3v) is 20.4. The lowest BCUT2D eigenvalue weighted by atomic mass is 9.59. The number of hydrogen-bond acceptors (Lipinski definition) is 20. The average Bonchev–Trinajstić information content (AvgIpc) is 1.90. The fourth-order valence-corrected chi connectivity index (χ4v) is 15.2. The molecule has 2 saturated carbocycles. The third kappa shape index (κ3) is 11.6. The van der Waals surface area contributed by atoms with E-state index >= 15 is 0 Å². The van der Waals surface area contributed by atoms with Crippen molar-refractivity contribution in [1.82, 2.24) is 39.4 Å². The number of aryl methyl sites for hydroxylation is 1. The number of nitrogens with zero attached hydrogens (tertiary/aromatic N) is 10. The molecule has 2 aromatic carbocycles. The molecule has 13 rings (SSSR count). The fraction of sp³-hybridized carbons (Fsp3) is 0.525. The zero-order valence-corrected chi connectivity index (χ0v) is 49.3. The van der Waals surface area contributed by atoms with Crippen LogP contribution in [0.25, 0.3) is 11.0 Å². The summed E-state index contributed by atoms with van der Waals surface area (Å²) in [5.74, 6) is 1.71. The van der Waals surface area contributed by atoms with Gasteiger partial charge in [-0.2, -0.15) is 9.97 Å². The molecular formula is C61H75N13O10S. The van der Waals surface area contributed by atoms with Crippen LogP contribution in [0.4, 0.5) is 34.6 Å². The smallest absolute Gasteiger partial charge is 0.293 e. The third-order valence-electron chi connectivity index (χ3n) is 19.1. The van der Waals surface area contributed by atoms with Gasteiger partial charge in [-0.3, -0.25) is 24.7 Å². The number of piperidine rings is 1. The predicted molar refractivity (Wildman–Crippen MR) is 319 cm³/mol. The number of nitro benzene ring substituents is 1. The summed E-state index contributed by atoms with van der Waals surface area (Å²) in [6.07, 6.45) is 11.9. The second-order valence-electron chi connectivity index (χ2n) is 24.6. The van der Waals surface area contributed by atoms with E-state index < -0.39 is 43.1 Å². The van der Waals surface area contributed by atoms with Gasteiger partial charge in [-0.05, 0) is 130 Å². The molecule has 6 aromatic rings. The number of fused-ring (bicyclic) bond motifs is 3. The summed E-state index contributed by atoms with van der Waals surface area (Å²) < 4.78 is 54.6. The van der Waals surface area contributed by atoms with Crippen LogP contribution in [0.2, 0.25) is 0 Å². The van der Waals surface area contributed by atoms with Crippen LogP contribution in [0.1, 0.15) is 97.8 Å². The predicted octanol–water partition coefficient (Wildman–Crippen LogP) is 7.28. The molecule has 24 heteroatoms. The van der Waals surface area contributed by atoms with E-state index in [0.717, 1.165) is 106 Å². The maximum absolute atomic E-state index is 14.8. The summed E-state index contributed by atoms with van der Waals surface area (Å²) in [7, 11) is -2.98. The van der Waals surface area contributed by atoms with Crippen LogP contribution < -0.4 is 34.2 Å². The molecule has 4 aromatic heterocycles. The highest BCUT2D eigenvalue weighted by molar-refractivity contribution is 7.90. The number of carbonyl (C=O) groups is 1. The quantitative estimate of drug-likeness (QED) is 0.0582. The van der Waals surface area contributed by atoms with Gasteiger partial charge in [0.05, 0.1) is 48.4 Å². The maximum atomic E-state index is 14.8. The largest absolute Gasteiger partial charge is 0.493 e. The van der Waals surface area contributed by atoms with E-state index in [0.29, 0.717) is 87.9 Å². The second-order valence-corrected chi connectivity index (χ2v) is 26.3. The molecule has 0 radical (unpaired) electrons. The number of methoxy groups -OCH3 is 1. The molecule has 85 heavy (non-hydrogen) atoms. The van der Waals surface area contributed by atoms with Crippen LogP contribution in [0, 0.1) is 28.4 Å². The number of amides is 1. The molecule has 450 valence electrons. The van der Waals surface area contributed by atoms with Gasteiger partial charge in [-0.1, -0.05) is 24.3 Å². The van der Waals surface area contributed by atoms with Crippen LogP contribution in [0.3, 0.4) is 0 Å². The number of piperazine rings is 1. The van der Waals surface area contributed by atoms with Crippen LogP contribution in [0.5, 0.6) is 11.6 Å². The topological polar surface area (TPSA) is 259 Å². The van der Waals surface area contributed by atoms with E-state index in [2.05, 4.69) is 71.9 Å². The highest BCUT2D eigenvalue weighted by Crippen LogP contribution is 2.53. The molecule has 23 nitrogen and oxygen atoms in total. The summed E-state index contributed by atoms with van der Waals surface area (Å²) >= 11 is 0. The van der Waals surface area contributed by atoms with Crippen molar-refractivity contribution in [3.05, 3.63) is 112 Å². The Morgan fingerprint density at radius 3 is 2.48 bits per heavy atom. The summed E-state index contributed by atoms with van der Waals surface area (Å²) in [5, 5.41) is 26.8. The highest BCUT2D eigenvalue weighted by Gasteiger charge is 2.51. The number of nitro groups is 1. The van der Waals surface area contributed by atoms with Crippen molar-refractivity contribution < 1.29 is 42.2 Å². The lowest BCUT2D eigenvalue weighted by molar-refractivity contribution is -0.384. The van der Waals surface area contributed by atoms with Gasteiger partial charge < -0.3 is 49.1 Å². The normalized spacial score (nSPS) is 24.7. The number of hydrogen-bond donors (Lipinski definition) is 4. The SMILES string of the molecule is COc1cc(CN2CCN(C3CC4(CCN(c5ncc(C(=O)NS(=O)(=O)c6ccc(NCC7CCC(C)(O)CC7)c([N+](=O)[O-])c6)c(N6c7cc8cc[nH]c8nc7O[C@H]7COCC[C@@H]76)n5)CC4)C3)[C@H](c3ccccc3C)C2)cnc1N1CCOCC1. The zero-order valence-electron chi connectivity index (χ0n) is 48.5. The Morgan fingerprint density at radius 2 is 1.71 bits per heavy atom. The number of morpholine rings is 1. The number of H-pyrrole nitrogens is 1. The molecule has 2 aliphatic carbocycles. The summed E-state index contributed by atoms with van der Waals surface area (Å²) in [6, 6.07) is 18.6. The number of aromatic amines is 1. The van der Waals surface area contributed by atoms with Crippen molar-refractivity contribution in [2.45, 2.75) is 113 Å². The Balaban J connectivity index is 0.736. The van der Waals surface area contributed by atoms with Crippen molar-refractivity contribution in [3.8, 4) is 11.6 Å². The number of anilines is 5. The molecule has 9 heterocycles. The van der Waals surface area contributed by atoms with Crippen LogP contribution in [0.15, 0.2) is 84.1 Å². The number of sulfonamides is 1. The highest BCUT2D eigenvalue weighted by atomic mass is 32.2. The molecule has 4 N–H and O–H groups in total. The van der Waals surface area contributed by atoms with Gasteiger partial charge in [0.1, 0.15) is 28.7 Å². The summed E-state index contributed by atoms with van der Waals surface area (Å²) in [5.41, 5.74) is 3.93. The molecule has 3 atom stereocenters. The molecule has 1 amide bonds. The van der Waals surface area contributed by atoms with Gasteiger partial charge >= 0.3 is 0 Å². The van der Waals surface area contributed by atoms with Gasteiger partial charge in [-0.15, -0.1) is 0 Å². The molecule has 7 aliphatic rings. The minimum Gasteiger partial charge on any atom is -0.493 e. The van der Waals surface area contributed by atoms with Crippen LogP contribution >= 0.6 is 0 Å². The minimum absolute atomic E-state index is 0.115. The Hall–Kier alpha value is -7.22. The first-order valence-electron chi connectivity index (χ1n) is 29.9. The standard InChI is InChI=1S/C61H75N13O10S/c1-39-6-4-5-7-45(39)51-37-69(36-41-28-52(81-3)56(64-34-41)70-23-26-82-27-24-70)21-22-72(51)43-31-61(32-43)16-19-71(20-17-61)59-65-35-46(55(67-59)73-48-13-25-83-38-53(48)84-58-50(73)29-42-12-18-62-54(42)66-58)57(75)68-85(79,80)44-8-9-47(49(30-44)74(77)78)63-33-40-10-14-60(2,76)15-11-40/h4-9,12,18,28-30,34-35,40,43,48,51,53,63,76H,10-11,13-17,19-27,31-33,36-38H2,1-3H3,(H,62,66)(H,68,75)/t40?,48-,51-,53-,60?/m0/s1. The van der Waals surface area contributed by atoms with E-state index in [-0.39, 0.29) is 47.1 Å². The molecule has 6 fully saturated rings. The number of benzene rings is 2. The Morgan fingerprint density at radius 1 is 0.906 bits per heavy atom. The molecule has 0 bridgehead atoms. The minimum atomic E-state index is -4.70. The van der Waals surface area contributed by atoms with E-state index in [9.17, 15) is 28.4 Å². The van der Waals surface area contributed by atoms with Crippen molar-refractivity contribution >= 4 is 61.6 Å². The molecular weight excluding hydrogens is 1110 g/mol. The van der Waals surface area contributed by atoms with E-state index in [1.807, 2.05) is 30.2 Å². The van der Waals surface area contributed by atoms with Crippen molar-refractivity contribution in [2.24, 2.45) is 11.3 Å². The van der Waals surface area contributed by atoms with Gasteiger partial charge in [0, 0.05) is 108 Å². The number of aromatic nitrogens is 5. The van der Waals surface area contributed by atoms with Gasteiger partial charge in [0.2, 0.25) is 11.8 Å². The molecule has 5 aliphatic heterocycles. The van der Waals surface area contributed by atoms with Crippen LogP contribution in [-0.2, 0) is 26.0 Å². The summed E-state index contributed by atoms with van der Waals surface area (Å²) in [6.45, 7) is 12.9. The van der Waals surface area contributed by atoms with Gasteiger partial charge in [0.25, 0.3) is 21.6 Å². The second kappa shape index (κ2) is 23.2. The van der Waals surface area contributed by atoms with Crippen molar-refractivity contribution in [3.63, 3.8) is 0 Å². The van der Waals surface area contributed by atoms with Crippen molar-refractivity contribution in [1.29, 1.82) is 0 Å². The van der Waals surface area contributed by atoms with E-state index in [1.165, 1.54) is 29.5 Å². The Bertz CT molecular complexity index is 3570. The lowest BCUT2D eigenvalue weighted by Crippen LogP contribution is -2.60. The van der Waals surface area contributed by atoms with Gasteiger partial charge in [-0.25, -0.2) is 23.1 Å². The molecule has 1 spiro atoms. The zero-order chi connectivity index (χ0) is 58.6. The molecule has 0 unspecified atom stereocenters. The number of ether oxygens (including phenoxy) is 4. The first-order valence-corrected chi connectivity index (χ1v) is 31.4. The number of nitrogens with one attached hydrogen (secondary N) is 3. The maximum Gasteiger partial charge on any atom is 0.293 e.